The smallest absolute Gasteiger partial charge is 0.261 e. The van der Waals surface area contributed by atoms with Gasteiger partial charge in [0.25, 0.3) is 10.1 Å². The van der Waals surface area contributed by atoms with Crippen molar-refractivity contribution in [2.75, 3.05) is 19.3 Å². The van der Waals surface area contributed by atoms with E-state index in [0.717, 1.165) is 42.2 Å². The maximum Gasteiger partial charge on any atom is 0.261 e. The van der Waals surface area contributed by atoms with E-state index in [2.05, 4.69) is 17.0 Å². The van der Waals surface area contributed by atoms with E-state index in [9.17, 15) is 13.5 Å². The van der Waals surface area contributed by atoms with Crippen LogP contribution in [0.4, 0.5) is 0 Å². The fraction of sp³-hybridized carbons (Fsp3) is 0.350. The summed E-state index contributed by atoms with van der Waals surface area (Å²) in [6.45, 7) is 1.70. The number of rotatable bonds is 2. The van der Waals surface area contributed by atoms with Crippen molar-refractivity contribution in [2.24, 2.45) is 4.99 Å². The second-order valence-corrected chi connectivity index (χ2v) is 9.30. The van der Waals surface area contributed by atoms with E-state index in [1.54, 1.807) is 11.8 Å². The minimum absolute atomic E-state index is 0.0667. The number of nitrogens with zero attached hydrogens (tertiary/aromatic N) is 2. The number of hydrogen-bond acceptors (Lipinski definition) is 6. The van der Waals surface area contributed by atoms with Gasteiger partial charge in [-0.25, -0.2) is 0 Å². The molecule has 2 aromatic rings. The van der Waals surface area contributed by atoms with Gasteiger partial charge in [-0.3, -0.25) is 9.55 Å². The second kappa shape index (κ2) is 8.65. The molecule has 150 valence electrons. The Labute approximate surface area is 170 Å². The number of amidine groups is 1. The Balaban J connectivity index is 0.000000403. The molecule has 0 aliphatic carbocycles. The third-order valence-electron chi connectivity index (χ3n) is 4.57. The van der Waals surface area contributed by atoms with Crippen molar-refractivity contribution in [3.8, 4) is 0 Å². The lowest BCUT2D eigenvalue weighted by Gasteiger charge is -2.37. The van der Waals surface area contributed by atoms with Gasteiger partial charge in [-0.2, -0.15) is 8.42 Å². The summed E-state index contributed by atoms with van der Waals surface area (Å²) < 4.78 is 25.9. The third-order valence-corrected chi connectivity index (χ3v) is 5.97. The summed E-state index contributed by atoms with van der Waals surface area (Å²) in [6, 6.07) is 20.3. The zero-order valence-electron chi connectivity index (χ0n) is 15.6. The van der Waals surface area contributed by atoms with Gasteiger partial charge in [-0.15, -0.1) is 0 Å². The molecule has 6 nitrogen and oxygen atoms in total. The van der Waals surface area contributed by atoms with Crippen LogP contribution in [0.5, 0.6) is 0 Å². The average Bonchev–Trinajstić information content (AvgIpc) is 2.81. The van der Waals surface area contributed by atoms with Crippen LogP contribution in [0.15, 0.2) is 65.7 Å². The number of aliphatic hydroxyl groups is 1. The van der Waals surface area contributed by atoms with E-state index >= 15 is 0 Å². The van der Waals surface area contributed by atoms with Gasteiger partial charge in [-0.1, -0.05) is 72.4 Å². The van der Waals surface area contributed by atoms with Crippen molar-refractivity contribution in [1.82, 2.24) is 4.90 Å². The van der Waals surface area contributed by atoms with E-state index in [1.807, 2.05) is 48.5 Å². The van der Waals surface area contributed by atoms with E-state index in [1.165, 1.54) is 0 Å². The number of aliphatic imine (C=N–C) groups is 1. The van der Waals surface area contributed by atoms with E-state index in [-0.39, 0.29) is 5.25 Å². The fourth-order valence-corrected chi connectivity index (χ4v) is 4.86. The molecule has 1 saturated heterocycles. The maximum atomic E-state index is 11.8. The van der Waals surface area contributed by atoms with Gasteiger partial charge in [0.2, 0.25) is 0 Å². The average molecular weight is 421 g/mol. The normalized spacial score (nSPS) is 24.5. The van der Waals surface area contributed by atoms with E-state index in [0.29, 0.717) is 6.26 Å². The molecule has 2 unspecified atom stereocenters. The van der Waals surface area contributed by atoms with Crippen LogP contribution in [0.1, 0.15) is 29.2 Å². The third kappa shape index (κ3) is 4.75. The topological polar surface area (TPSA) is 90.2 Å². The largest absolute Gasteiger partial charge is 0.365 e. The Bertz CT molecular complexity index is 912. The summed E-state index contributed by atoms with van der Waals surface area (Å²) in [6.07, 6.45) is 2.86. The van der Waals surface area contributed by atoms with Crippen LogP contribution in [0.3, 0.4) is 0 Å². The highest BCUT2D eigenvalue weighted by atomic mass is 32.2. The van der Waals surface area contributed by atoms with Gasteiger partial charge in [0.15, 0.2) is 10.9 Å². The molecule has 28 heavy (non-hydrogen) atoms. The van der Waals surface area contributed by atoms with Gasteiger partial charge in [0.05, 0.1) is 11.5 Å². The van der Waals surface area contributed by atoms with Crippen molar-refractivity contribution < 1.29 is 18.1 Å². The van der Waals surface area contributed by atoms with Crippen LogP contribution >= 0.6 is 11.8 Å². The lowest BCUT2D eigenvalue weighted by Crippen LogP contribution is -2.46. The standard InChI is InChI=1S/C19H20N2OS.CH4O3S/c22-19(16-11-5-2-6-12-16)17(15-9-3-1-4-10-15)23-18-20-13-7-8-14-21(18)19;1-5(2,3)4/h1-6,9-12,17,22H,7-8,13-14H2;1H3,(H,2,3,4). The molecule has 2 aromatic carbocycles. The Morgan fingerprint density at radius 1 is 1.07 bits per heavy atom. The molecule has 2 aliphatic heterocycles. The van der Waals surface area contributed by atoms with Crippen LogP contribution in [-0.4, -0.2) is 47.5 Å². The zero-order chi connectivity index (χ0) is 20.2. The van der Waals surface area contributed by atoms with Gasteiger partial charge in [0, 0.05) is 18.7 Å². The van der Waals surface area contributed by atoms with Crippen LogP contribution in [-0.2, 0) is 15.8 Å². The lowest BCUT2D eigenvalue weighted by atomic mass is 9.92. The van der Waals surface area contributed by atoms with Crippen LogP contribution in [0.25, 0.3) is 0 Å². The molecular formula is C20H24N2O4S2. The quantitative estimate of drug-likeness (QED) is 0.725. The molecule has 2 aliphatic rings. The molecule has 0 spiro atoms. The van der Waals surface area contributed by atoms with Gasteiger partial charge >= 0.3 is 0 Å². The van der Waals surface area contributed by atoms with Crippen molar-refractivity contribution in [3.63, 3.8) is 0 Å². The Hall–Kier alpha value is -1.87. The molecule has 0 aromatic heterocycles. The first-order valence-corrected chi connectivity index (χ1v) is 11.8. The van der Waals surface area contributed by atoms with Crippen LogP contribution in [0.2, 0.25) is 0 Å². The lowest BCUT2D eigenvalue weighted by molar-refractivity contribution is -0.0712. The monoisotopic (exact) mass is 420 g/mol. The summed E-state index contributed by atoms with van der Waals surface area (Å²) >= 11 is 1.69. The highest BCUT2D eigenvalue weighted by Gasteiger charge is 2.53. The number of hydrogen-bond donors (Lipinski definition) is 2. The molecule has 2 heterocycles. The summed E-state index contributed by atoms with van der Waals surface area (Å²) in [7, 11) is -3.67. The van der Waals surface area contributed by atoms with Gasteiger partial charge in [0.1, 0.15) is 0 Å². The SMILES string of the molecule is CS(=O)(=O)O.OC1(c2ccccc2)C(c2ccccc2)SC2=NCCCCN21. The first-order valence-electron chi connectivity index (χ1n) is 9.04. The summed E-state index contributed by atoms with van der Waals surface area (Å²) in [5.74, 6) is 0. The first-order chi connectivity index (χ1) is 13.3. The molecule has 2 atom stereocenters. The van der Waals surface area contributed by atoms with Crippen molar-refractivity contribution in [2.45, 2.75) is 23.8 Å². The predicted molar refractivity (Wildman–Crippen MR) is 113 cm³/mol. The highest BCUT2D eigenvalue weighted by Crippen LogP contribution is 2.54. The summed E-state index contributed by atoms with van der Waals surface area (Å²) in [5, 5.41) is 12.7. The number of benzene rings is 2. The molecule has 4 rings (SSSR count). The fourth-order valence-electron chi connectivity index (χ4n) is 3.40. The second-order valence-electron chi connectivity index (χ2n) is 6.76. The van der Waals surface area contributed by atoms with Crippen LogP contribution in [0, 0.1) is 0 Å². The van der Waals surface area contributed by atoms with Crippen molar-refractivity contribution in [1.29, 1.82) is 0 Å². The van der Waals surface area contributed by atoms with E-state index < -0.39 is 15.8 Å². The van der Waals surface area contributed by atoms with E-state index in [4.69, 9.17) is 9.55 Å². The maximum absolute atomic E-state index is 11.8. The predicted octanol–water partition coefficient (Wildman–Crippen LogP) is 3.28. The molecule has 0 radical (unpaired) electrons. The highest BCUT2D eigenvalue weighted by molar-refractivity contribution is 8.14. The Kier molecular flexibility index (Phi) is 6.44. The molecule has 0 saturated carbocycles. The zero-order valence-corrected chi connectivity index (χ0v) is 17.2. The van der Waals surface area contributed by atoms with Gasteiger partial charge in [-0.05, 0) is 18.4 Å². The molecule has 8 heteroatoms. The molecule has 0 bridgehead atoms. The van der Waals surface area contributed by atoms with Crippen molar-refractivity contribution in [3.05, 3.63) is 71.8 Å². The molecule has 0 amide bonds. The number of fused-ring (bicyclic) bond motifs is 1. The summed E-state index contributed by atoms with van der Waals surface area (Å²) in [5.41, 5.74) is 1.03. The first kappa shape index (κ1) is 20.9. The van der Waals surface area contributed by atoms with Crippen molar-refractivity contribution >= 4 is 27.0 Å². The minimum Gasteiger partial charge on any atom is -0.365 e. The molecular weight excluding hydrogens is 396 g/mol. The molecule has 1 fully saturated rings. The molecule has 2 N–H and O–H groups in total. The summed E-state index contributed by atoms with van der Waals surface area (Å²) in [4.78, 5) is 6.84. The van der Waals surface area contributed by atoms with Gasteiger partial charge < -0.3 is 10.0 Å². The Morgan fingerprint density at radius 3 is 2.25 bits per heavy atom. The minimum atomic E-state index is -3.67. The number of thioether (sulfide) groups is 1. The Morgan fingerprint density at radius 2 is 1.64 bits per heavy atom. The van der Waals surface area contributed by atoms with Crippen LogP contribution < -0.4 is 0 Å².